The molecule has 116 valence electrons. The van der Waals surface area contributed by atoms with E-state index in [1.165, 1.54) is 11.3 Å². The van der Waals surface area contributed by atoms with Gasteiger partial charge in [-0.05, 0) is 25.2 Å². The highest BCUT2D eigenvalue weighted by molar-refractivity contribution is 7.89. The van der Waals surface area contributed by atoms with Crippen LogP contribution in [0.3, 0.4) is 0 Å². The van der Waals surface area contributed by atoms with E-state index in [0.29, 0.717) is 24.0 Å². The monoisotopic (exact) mass is 329 g/mol. The summed E-state index contributed by atoms with van der Waals surface area (Å²) in [7, 11) is -3.62. The van der Waals surface area contributed by atoms with Gasteiger partial charge in [-0.25, -0.2) is 14.3 Å². The number of hydrazine groups is 1. The van der Waals surface area contributed by atoms with Crippen molar-refractivity contribution >= 4 is 32.1 Å². The number of fused-ring (bicyclic) bond motifs is 1. The molecule has 2 aromatic rings. The summed E-state index contributed by atoms with van der Waals surface area (Å²) in [4.78, 5) is 4.85. The summed E-state index contributed by atoms with van der Waals surface area (Å²) in [6.45, 7) is 3.08. The molecular formula is C12H19N5O2S2. The van der Waals surface area contributed by atoms with Crippen molar-refractivity contribution in [2.75, 3.05) is 18.5 Å². The van der Waals surface area contributed by atoms with Crippen LogP contribution in [0.1, 0.15) is 26.2 Å². The molecule has 0 aliphatic heterocycles. The van der Waals surface area contributed by atoms with Gasteiger partial charge in [0, 0.05) is 24.7 Å². The number of nitrogen functional groups attached to an aromatic ring is 1. The number of imidazole rings is 1. The first kappa shape index (κ1) is 14.8. The highest BCUT2D eigenvalue weighted by Crippen LogP contribution is 2.33. The zero-order chi connectivity index (χ0) is 15.0. The number of anilines is 1. The summed E-state index contributed by atoms with van der Waals surface area (Å²) in [6, 6.07) is 0. The van der Waals surface area contributed by atoms with Crippen LogP contribution in [0.2, 0.25) is 0 Å². The molecule has 0 spiro atoms. The quantitative estimate of drug-likeness (QED) is 0.593. The minimum absolute atomic E-state index is 0.135. The topological polar surface area (TPSA) is 92.7 Å². The first-order valence-electron chi connectivity index (χ1n) is 7.00. The largest absolute Gasteiger partial charge is 0.306 e. The Morgan fingerprint density at radius 1 is 1.57 bits per heavy atom. The van der Waals surface area contributed by atoms with Gasteiger partial charge < -0.3 is 5.43 Å². The van der Waals surface area contributed by atoms with Gasteiger partial charge in [-0.2, -0.15) is 9.29 Å². The fraction of sp³-hybridized carbons (Fsp3) is 0.583. The lowest BCUT2D eigenvalue weighted by atomic mass is 10.4. The third-order valence-corrected chi connectivity index (χ3v) is 6.22. The lowest BCUT2D eigenvalue weighted by molar-refractivity contribution is 0.394. The predicted molar refractivity (Wildman–Crippen MR) is 82.7 cm³/mol. The molecule has 1 fully saturated rings. The Hall–Kier alpha value is -1.16. The zero-order valence-electron chi connectivity index (χ0n) is 11.8. The van der Waals surface area contributed by atoms with Gasteiger partial charge in [-0.3, -0.25) is 4.40 Å². The predicted octanol–water partition coefficient (Wildman–Crippen LogP) is 1.49. The minimum atomic E-state index is -3.62. The van der Waals surface area contributed by atoms with E-state index in [4.69, 9.17) is 5.84 Å². The third kappa shape index (κ3) is 2.66. The van der Waals surface area contributed by atoms with E-state index in [2.05, 4.69) is 10.4 Å². The van der Waals surface area contributed by atoms with Crippen molar-refractivity contribution in [3.05, 3.63) is 11.6 Å². The van der Waals surface area contributed by atoms with Crippen LogP contribution in [-0.2, 0) is 10.0 Å². The van der Waals surface area contributed by atoms with Crippen LogP contribution in [0.15, 0.2) is 16.6 Å². The van der Waals surface area contributed by atoms with E-state index < -0.39 is 10.0 Å². The molecule has 0 saturated heterocycles. The van der Waals surface area contributed by atoms with Crippen molar-refractivity contribution in [1.82, 2.24) is 13.7 Å². The number of aromatic nitrogens is 2. The molecule has 2 aromatic heterocycles. The molecule has 0 bridgehead atoms. The zero-order valence-corrected chi connectivity index (χ0v) is 13.5. The van der Waals surface area contributed by atoms with Crippen molar-refractivity contribution in [3.63, 3.8) is 0 Å². The molecule has 0 amide bonds. The highest BCUT2D eigenvalue weighted by Gasteiger charge is 2.35. The lowest BCUT2D eigenvalue weighted by Gasteiger charge is -2.21. The number of rotatable bonds is 7. The highest BCUT2D eigenvalue weighted by atomic mass is 32.2. The van der Waals surface area contributed by atoms with Crippen LogP contribution >= 0.6 is 11.3 Å². The number of hydrogen-bond acceptors (Lipinski definition) is 6. The molecular weight excluding hydrogens is 310 g/mol. The van der Waals surface area contributed by atoms with Crippen molar-refractivity contribution in [2.24, 2.45) is 11.8 Å². The fourth-order valence-corrected chi connectivity index (χ4v) is 4.97. The Morgan fingerprint density at radius 3 is 2.95 bits per heavy atom. The molecule has 7 nitrogen and oxygen atoms in total. The van der Waals surface area contributed by atoms with Gasteiger partial charge >= 0.3 is 0 Å². The first-order chi connectivity index (χ1) is 10.1. The van der Waals surface area contributed by atoms with Crippen molar-refractivity contribution in [2.45, 2.75) is 31.2 Å². The average molecular weight is 329 g/mol. The fourth-order valence-electron chi connectivity index (χ4n) is 2.38. The van der Waals surface area contributed by atoms with Gasteiger partial charge in [0.15, 0.2) is 10.8 Å². The maximum absolute atomic E-state index is 13.0. The minimum Gasteiger partial charge on any atom is -0.306 e. The van der Waals surface area contributed by atoms with Crippen LogP contribution in [0, 0.1) is 5.92 Å². The van der Waals surface area contributed by atoms with E-state index >= 15 is 0 Å². The number of sulfonamides is 1. The van der Waals surface area contributed by atoms with Crippen molar-refractivity contribution < 1.29 is 8.42 Å². The summed E-state index contributed by atoms with van der Waals surface area (Å²) in [5.41, 5.74) is 2.41. The van der Waals surface area contributed by atoms with E-state index in [-0.39, 0.29) is 10.8 Å². The van der Waals surface area contributed by atoms with Crippen LogP contribution in [0.4, 0.5) is 5.82 Å². The second kappa shape index (κ2) is 5.56. The Bertz CT molecular complexity index is 732. The second-order valence-electron chi connectivity index (χ2n) is 5.27. The average Bonchev–Trinajstić information content (AvgIpc) is 3.02. The smallest absolute Gasteiger partial charge is 0.262 e. The number of nitrogens with two attached hydrogens (primary N) is 1. The molecule has 1 aliphatic carbocycles. The van der Waals surface area contributed by atoms with Crippen LogP contribution in [0.5, 0.6) is 0 Å². The standard InChI is InChI=1S/C12H19N5O2S2/c1-2-5-16(8-9-3-4-9)21(18,19)11-10(15-13)14-12-17(11)6-7-20-12/h6-7,9,15H,2-5,8,13H2,1H3. The van der Waals surface area contributed by atoms with Crippen LogP contribution in [0.25, 0.3) is 4.96 Å². The van der Waals surface area contributed by atoms with E-state index in [9.17, 15) is 8.42 Å². The summed E-state index contributed by atoms with van der Waals surface area (Å²) in [6.07, 6.45) is 4.71. The van der Waals surface area contributed by atoms with Gasteiger partial charge in [0.1, 0.15) is 0 Å². The molecule has 9 heteroatoms. The summed E-state index contributed by atoms with van der Waals surface area (Å²) < 4.78 is 29.2. The SMILES string of the molecule is CCCN(CC1CC1)S(=O)(=O)c1c(NN)nc2sccn12. The van der Waals surface area contributed by atoms with Gasteiger partial charge in [-0.15, -0.1) is 11.3 Å². The molecule has 1 aliphatic rings. The van der Waals surface area contributed by atoms with Crippen LogP contribution in [-0.4, -0.2) is 35.2 Å². The van der Waals surface area contributed by atoms with Gasteiger partial charge in [0.2, 0.25) is 5.03 Å². The first-order valence-corrected chi connectivity index (χ1v) is 9.32. The van der Waals surface area contributed by atoms with Gasteiger partial charge in [0.05, 0.1) is 0 Å². The molecule has 3 rings (SSSR count). The number of thiazole rings is 1. The molecule has 3 N–H and O–H groups in total. The maximum Gasteiger partial charge on any atom is 0.262 e. The number of nitrogens with zero attached hydrogens (tertiary/aromatic N) is 3. The summed E-state index contributed by atoms with van der Waals surface area (Å²) >= 11 is 1.38. The van der Waals surface area contributed by atoms with Crippen molar-refractivity contribution in [3.8, 4) is 0 Å². The second-order valence-corrected chi connectivity index (χ2v) is 8.00. The van der Waals surface area contributed by atoms with E-state index in [0.717, 1.165) is 19.3 Å². The Labute approximate surface area is 127 Å². The normalized spacial score (nSPS) is 16.0. The number of hydrogen-bond donors (Lipinski definition) is 2. The van der Waals surface area contributed by atoms with Crippen molar-refractivity contribution in [1.29, 1.82) is 0 Å². The van der Waals surface area contributed by atoms with Crippen LogP contribution < -0.4 is 11.3 Å². The Morgan fingerprint density at radius 2 is 2.33 bits per heavy atom. The van der Waals surface area contributed by atoms with Gasteiger partial charge in [-0.1, -0.05) is 6.92 Å². The van der Waals surface area contributed by atoms with Gasteiger partial charge in [0.25, 0.3) is 10.0 Å². The molecule has 1 saturated carbocycles. The maximum atomic E-state index is 13.0. The Balaban J connectivity index is 2.06. The molecule has 21 heavy (non-hydrogen) atoms. The molecule has 0 aromatic carbocycles. The number of nitrogens with one attached hydrogen (secondary N) is 1. The van der Waals surface area contributed by atoms with E-state index in [1.54, 1.807) is 14.9 Å². The summed E-state index contributed by atoms with van der Waals surface area (Å²) in [5, 5.41) is 1.95. The summed E-state index contributed by atoms with van der Waals surface area (Å²) in [5.74, 6) is 6.15. The third-order valence-electron chi connectivity index (χ3n) is 3.57. The van der Waals surface area contributed by atoms with E-state index in [1.807, 2.05) is 12.3 Å². The Kier molecular flexibility index (Phi) is 3.91. The molecule has 2 heterocycles. The molecule has 0 radical (unpaired) electrons. The lowest BCUT2D eigenvalue weighted by Crippen LogP contribution is -2.35. The molecule has 0 atom stereocenters. The molecule has 0 unspecified atom stereocenters.